The van der Waals surface area contributed by atoms with Crippen LogP contribution in [0.15, 0.2) is 23.1 Å². The van der Waals surface area contributed by atoms with E-state index in [2.05, 4.69) is 12.6 Å². The van der Waals surface area contributed by atoms with E-state index in [0.717, 1.165) is 6.08 Å². The van der Waals surface area contributed by atoms with E-state index in [0.29, 0.717) is 5.75 Å². The van der Waals surface area contributed by atoms with E-state index in [1.165, 1.54) is 25.3 Å². The van der Waals surface area contributed by atoms with Crippen LogP contribution in [0.5, 0.6) is 5.75 Å². The number of halogens is 1. The highest BCUT2D eigenvalue weighted by Gasteiger charge is 2.05. The summed E-state index contributed by atoms with van der Waals surface area (Å²) in [4.78, 5) is 10.2. The molecule has 15 heavy (non-hydrogen) atoms. The number of carboxylic acid groups (broad SMARTS) is 1. The van der Waals surface area contributed by atoms with Crippen LogP contribution in [-0.2, 0) is 4.79 Å². The molecule has 1 rings (SSSR count). The summed E-state index contributed by atoms with van der Waals surface area (Å²) in [6.45, 7) is 0. The van der Waals surface area contributed by atoms with Crippen LogP contribution in [0.4, 0.5) is 4.39 Å². The zero-order valence-corrected chi connectivity index (χ0v) is 8.79. The fourth-order valence-electron chi connectivity index (χ4n) is 0.968. The lowest BCUT2D eigenvalue weighted by Crippen LogP contribution is -1.94. The molecule has 0 fully saturated rings. The molecule has 3 nitrogen and oxygen atoms in total. The predicted molar refractivity (Wildman–Crippen MR) is 57.6 cm³/mol. The Bertz CT molecular complexity index is 415. The summed E-state index contributed by atoms with van der Waals surface area (Å²) in [5, 5.41) is 8.56. The van der Waals surface area contributed by atoms with Crippen LogP contribution in [0, 0.1) is 5.82 Å². The van der Waals surface area contributed by atoms with Crippen LogP contribution in [0.3, 0.4) is 0 Å². The molecule has 1 aromatic rings. The molecule has 0 amide bonds. The second-order valence-electron chi connectivity index (χ2n) is 2.72. The SMILES string of the molecule is COc1ccc(F)c(C=C(S)C(=O)O)c1. The number of hydrogen-bond donors (Lipinski definition) is 2. The van der Waals surface area contributed by atoms with Crippen molar-refractivity contribution in [2.24, 2.45) is 0 Å². The molecule has 0 heterocycles. The van der Waals surface area contributed by atoms with Crippen LogP contribution >= 0.6 is 12.6 Å². The first-order chi connectivity index (χ1) is 7.04. The molecule has 0 aliphatic rings. The van der Waals surface area contributed by atoms with Crippen LogP contribution in [-0.4, -0.2) is 18.2 Å². The van der Waals surface area contributed by atoms with E-state index in [1.54, 1.807) is 0 Å². The van der Waals surface area contributed by atoms with Gasteiger partial charge in [-0.05, 0) is 24.3 Å². The highest BCUT2D eigenvalue weighted by molar-refractivity contribution is 7.85. The number of methoxy groups -OCH3 is 1. The van der Waals surface area contributed by atoms with Crippen molar-refractivity contribution in [2.75, 3.05) is 7.11 Å². The lowest BCUT2D eigenvalue weighted by Gasteiger charge is -2.02. The minimum absolute atomic E-state index is 0.127. The van der Waals surface area contributed by atoms with Crippen molar-refractivity contribution in [3.8, 4) is 5.75 Å². The number of hydrogen-bond acceptors (Lipinski definition) is 3. The molecule has 1 N–H and O–H groups in total. The topological polar surface area (TPSA) is 46.5 Å². The van der Waals surface area contributed by atoms with Crippen LogP contribution in [0.2, 0.25) is 0 Å². The van der Waals surface area contributed by atoms with E-state index < -0.39 is 11.8 Å². The maximum absolute atomic E-state index is 13.2. The summed E-state index contributed by atoms with van der Waals surface area (Å²) in [6.07, 6.45) is 1.13. The van der Waals surface area contributed by atoms with Gasteiger partial charge in [-0.25, -0.2) is 9.18 Å². The third-order valence-electron chi connectivity index (χ3n) is 1.71. The van der Waals surface area contributed by atoms with Gasteiger partial charge in [-0.2, -0.15) is 0 Å². The second kappa shape index (κ2) is 4.84. The summed E-state index contributed by atoms with van der Waals surface area (Å²) in [5.41, 5.74) is 0.127. The normalized spacial score (nSPS) is 11.3. The van der Waals surface area contributed by atoms with E-state index >= 15 is 0 Å². The van der Waals surface area contributed by atoms with Crippen LogP contribution in [0.1, 0.15) is 5.56 Å². The summed E-state index contributed by atoms with van der Waals surface area (Å²) in [5.74, 6) is -1.28. The van der Waals surface area contributed by atoms with Crippen molar-refractivity contribution >= 4 is 24.7 Å². The number of ether oxygens (including phenoxy) is 1. The molecule has 0 aromatic heterocycles. The standard InChI is InChI=1S/C10H9FO3S/c1-14-7-2-3-8(11)6(4-7)5-9(15)10(12)13/h2-5,15H,1H3,(H,12,13). The molecule has 5 heteroatoms. The number of rotatable bonds is 3. The Labute approximate surface area is 91.6 Å². The van der Waals surface area contributed by atoms with Crippen LogP contribution < -0.4 is 4.74 Å². The average molecular weight is 228 g/mol. The molecule has 0 unspecified atom stereocenters. The summed E-state index contributed by atoms with van der Waals surface area (Å²) in [6, 6.07) is 4.05. The number of thiol groups is 1. The Balaban J connectivity index is 3.13. The predicted octanol–water partition coefficient (Wildman–Crippen LogP) is 2.19. The first-order valence-corrected chi connectivity index (χ1v) is 4.47. The van der Waals surface area contributed by atoms with Crippen molar-refractivity contribution in [3.63, 3.8) is 0 Å². The molecule has 0 radical (unpaired) electrons. The average Bonchev–Trinajstić information content (AvgIpc) is 2.21. The van der Waals surface area contributed by atoms with Crippen molar-refractivity contribution in [3.05, 3.63) is 34.5 Å². The quantitative estimate of drug-likeness (QED) is 0.615. The van der Waals surface area contributed by atoms with Gasteiger partial charge in [0.1, 0.15) is 11.6 Å². The van der Waals surface area contributed by atoms with Gasteiger partial charge in [-0.3, -0.25) is 0 Å². The Morgan fingerprint density at radius 2 is 2.27 bits per heavy atom. The highest BCUT2D eigenvalue weighted by Crippen LogP contribution is 2.19. The second-order valence-corrected chi connectivity index (χ2v) is 3.20. The van der Waals surface area contributed by atoms with E-state index in [1.807, 2.05) is 0 Å². The number of carbonyl (C=O) groups is 1. The monoisotopic (exact) mass is 228 g/mol. The van der Waals surface area contributed by atoms with Crippen molar-refractivity contribution in [1.82, 2.24) is 0 Å². The molecule has 0 atom stereocenters. The Hall–Kier alpha value is -1.49. The molecular formula is C10H9FO3S. The van der Waals surface area contributed by atoms with Gasteiger partial charge in [0.25, 0.3) is 0 Å². The number of benzene rings is 1. The van der Waals surface area contributed by atoms with Gasteiger partial charge in [0.05, 0.1) is 12.0 Å². The molecule has 0 spiro atoms. The lowest BCUT2D eigenvalue weighted by atomic mass is 10.2. The minimum Gasteiger partial charge on any atom is -0.497 e. The molecular weight excluding hydrogens is 219 g/mol. The maximum atomic E-state index is 13.2. The Morgan fingerprint density at radius 1 is 1.60 bits per heavy atom. The largest absolute Gasteiger partial charge is 0.497 e. The summed E-state index contributed by atoms with van der Waals surface area (Å²) < 4.78 is 18.1. The third kappa shape index (κ3) is 2.99. The first kappa shape index (κ1) is 11.6. The molecule has 0 saturated carbocycles. The molecule has 0 saturated heterocycles. The fourth-order valence-corrected chi connectivity index (χ4v) is 1.11. The molecule has 80 valence electrons. The van der Waals surface area contributed by atoms with Gasteiger partial charge in [0.15, 0.2) is 0 Å². The van der Waals surface area contributed by atoms with Gasteiger partial charge in [0.2, 0.25) is 0 Å². The van der Waals surface area contributed by atoms with Gasteiger partial charge < -0.3 is 9.84 Å². The Morgan fingerprint density at radius 3 is 2.80 bits per heavy atom. The highest BCUT2D eigenvalue weighted by atomic mass is 32.1. The summed E-state index contributed by atoms with van der Waals surface area (Å²) >= 11 is 3.70. The fraction of sp³-hybridized carbons (Fsp3) is 0.100. The van der Waals surface area contributed by atoms with Gasteiger partial charge in [-0.15, -0.1) is 12.6 Å². The lowest BCUT2D eigenvalue weighted by molar-refractivity contribution is -0.131. The van der Waals surface area contributed by atoms with E-state index in [4.69, 9.17) is 9.84 Å². The van der Waals surface area contributed by atoms with Gasteiger partial charge >= 0.3 is 5.97 Å². The van der Waals surface area contributed by atoms with Gasteiger partial charge in [0, 0.05) is 5.56 Å². The van der Waals surface area contributed by atoms with Crippen molar-refractivity contribution in [1.29, 1.82) is 0 Å². The smallest absolute Gasteiger partial charge is 0.341 e. The third-order valence-corrected chi connectivity index (χ3v) is 2.03. The van der Waals surface area contributed by atoms with E-state index in [-0.39, 0.29) is 10.5 Å². The van der Waals surface area contributed by atoms with E-state index in [9.17, 15) is 9.18 Å². The number of aliphatic carboxylic acids is 1. The first-order valence-electron chi connectivity index (χ1n) is 4.02. The minimum atomic E-state index is -1.21. The van der Waals surface area contributed by atoms with Gasteiger partial charge in [-0.1, -0.05) is 0 Å². The maximum Gasteiger partial charge on any atom is 0.341 e. The number of carboxylic acids is 1. The van der Waals surface area contributed by atoms with Crippen LogP contribution in [0.25, 0.3) is 6.08 Å². The van der Waals surface area contributed by atoms with Crippen molar-refractivity contribution < 1.29 is 19.0 Å². The molecule has 0 aliphatic carbocycles. The zero-order valence-electron chi connectivity index (χ0n) is 7.90. The van der Waals surface area contributed by atoms with Crippen molar-refractivity contribution in [2.45, 2.75) is 0 Å². The zero-order chi connectivity index (χ0) is 11.4. The summed E-state index contributed by atoms with van der Waals surface area (Å²) in [7, 11) is 1.44. The molecule has 1 aromatic carbocycles. The molecule has 0 aliphatic heterocycles. The Kier molecular flexibility index (Phi) is 3.74. The molecule has 0 bridgehead atoms.